The van der Waals surface area contributed by atoms with Gasteiger partial charge in [-0.2, -0.15) is 4.31 Å². The van der Waals surface area contributed by atoms with Crippen LogP contribution in [0.2, 0.25) is 0 Å². The van der Waals surface area contributed by atoms with E-state index in [9.17, 15) is 17.6 Å². The lowest BCUT2D eigenvalue weighted by atomic mass is 10.0. The fraction of sp³-hybridized carbons (Fsp3) is 0.364. The molecule has 8 nitrogen and oxygen atoms in total. The quantitative estimate of drug-likeness (QED) is 0.581. The van der Waals surface area contributed by atoms with Gasteiger partial charge in [-0.05, 0) is 37.5 Å². The van der Waals surface area contributed by atoms with Gasteiger partial charge < -0.3 is 9.15 Å². The standard InChI is InChI=1S/C22H23F2N3O5S/c1-13-8-9-19(14-6-4-3-5-7-14)33(29,30)27(13)12-15-10-18(24)16(11-17(15)23)20(31-2)21-25-26-22(28)32-21/h3-7,10-11,13,19-20H,8-9,12H2,1-2H3,(H,26,28)/t13-,19+,20-/m0/s1. The molecule has 176 valence electrons. The smallest absolute Gasteiger partial charge is 0.389 e. The van der Waals surface area contributed by atoms with Crippen molar-refractivity contribution in [1.82, 2.24) is 14.5 Å². The van der Waals surface area contributed by atoms with E-state index in [-0.39, 0.29) is 29.6 Å². The van der Waals surface area contributed by atoms with Crippen molar-refractivity contribution in [2.24, 2.45) is 0 Å². The number of nitrogens with zero attached hydrogens (tertiary/aromatic N) is 2. The van der Waals surface area contributed by atoms with E-state index in [2.05, 4.69) is 5.10 Å². The van der Waals surface area contributed by atoms with Crippen molar-refractivity contribution < 1.29 is 26.4 Å². The van der Waals surface area contributed by atoms with Gasteiger partial charge in [0.25, 0.3) is 5.89 Å². The van der Waals surface area contributed by atoms with Crippen molar-refractivity contribution in [2.75, 3.05) is 7.11 Å². The number of benzene rings is 2. The first-order chi connectivity index (χ1) is 15.7. The molecular formula is C22H23F2N3O5S. The molecule has 33 heavy (non-hydrogen) atoms. The van der Waals surface area contributed by atoms with E-state index in [0.717, 1.165) is 12.1 Å². The summed E-state index contributed by atoms with van der Waals surface area (Å²) in [7, 11) is -2.58. The van der Waals surface area contributed by atoms with Gasteiger partial charge in [0.05, 0.1) is 0 Å². The van der Waals surface area contributed by atoms with Crippen LogP contribution in [0.1, 0.15) is 53.7 Å². The highest BCUT2D eigenvalue weighted by molar-refractivity contribution is 7.89. The van der Waals surface area contributed by atoms with Gasteiger partial charge in [0, 0.05) is 30.8 Å². The Kier molecular flexibility index (Phi) is 6.46. The molecule has 1 aliphatic heterocycles. The summed E-state index contributed by atoms with van der Waals surface area (Å²) in [6.45, 7) is 1.44. The second-order valence-corrected chi connectivity index (χ2v) is 10.0. The zero-order valence-electron chi connectivity index (χ0n) is 18.0. The van der Waals surface area contributed by atoms with E-state index in [1.54, 1.807) is 37.3 Å². The van der Waals surface area contributed by atoms with Crippen molar-refractivity contribution >= 4 is 10.0 Å². The zero-order valence-corrected chi connectivity index (χ0v) is 18.8. The van der Waals surface area contributed by atoms with Gasteiger partial charge in [-0.3, -0.25) is 0 Å². The van der Waals surface area contributed by atoms with Gasteiger partial charge in [0.1, 0.15) is 16.9 Å². The van der Waals surface area contributed by atoms with Crippen LogP contribution in [0.4, 0.5) is 8.78 Å². The molecule has 2 heterocycles. The van der Waals surface area contributed by atoms with Crippen LogP contribution in [0.3, 0.4) is 0 Å². The minimum atomic E-state index is -3.81. The highest BCUT2D eigenvalue weighted by atomic mass is 32.2. The van der Waals surface area contributed by atoms with Gasteiger partial charge in [0.2, 0.25) is 10.0 Å². The Balaban J connectivity index is 1.65. The van der Waals surface area contributed by atoms with Crippen LogP contribution in [0.5, 0.6) is 0 Å². The Morgan fingerprint density at radius 2 is 1.94 bits per heavy atom. The summed E-state index contributed by atoms with van der Waals surface area (Å²) in [6, 6.07) is 10.3. The number of hydrogen-bond donors (Lipinski definition) is 1. The minimum Gasteiger partial charge on any atom is -0.389 e. The fourth-order valence-corrected chi connectivity index (χ4v) is 6.35. The predicted molar refractivity (Wildman–Crippen MR) is 115 cm³/mol. The van der Waals surface area contributed by atoms with Crippen molar-refractivity contribution in [3.05, 3.63) is 87.2 Å². The van der Waals surface area contributed by atoms with Crippen LogP contribution in [0.15, 0.2) is 51.7 Å². The Morgan fingerprint density at radius 1 is 1.21 bits per heavy atom. The van der Waals surface area contributed by atoms with E-state index in [1.165, 1.54) is 11.4 Å². The Hall–Kier alpha value is -2.89. The van der Waals surface area contributed by atoms with Gasteiger partial charge in [-0.15, -0.1) is 5.10 Å². The molecule has 0 unspecified atom stereocenters. The van der Waals surface area contributed by atoms with Gasteiger partial charge >= 0.3 is 5.76 Å². The number of rotatable bonds is 6. The van der Waals surface area contributed by atoms with E-state index in [4.69, 9.17) is 9.15 Å². The number of aromatic nitrogens is 2. The van der Waals surface area contributed by atoms with Gasteiger partial charge in [0.15, 0.2) is 6.10 Å². The van der Waals surface area contributed by atoms with Crippen molar-refractivity contribution in [1.29, 1.82) is 0 Å². The third-order valence-corrected chi connectivity index (χ3v) is 8.25. The number of methoxy groups -OCH3 is 1. The summed E-state index contributed by atoms with van der Waals surface area (Å²) >= 11 is 0. The number of ether oxygens (including phenoxy) is 1. The maximum atomic E-state index is 15.0. The highest BCUT2D eigenvalue weighted by Gasteiger charge is 2.41. The first-order valence-corrected chi connectivity index (χ1v) is 11.8. The molecule has 1 aromatic heterocycles. The molecule has 0 aliphatic carbocycles. The normalized spacial score (nSPS) is 21.7. The fourth-order valence-electron chi connectivity index (χ4n) is 4.16. The average molecular weight is 480 g/mol. The topological polar surface area (TPSA) is 106 Å². The van der Waals surface area contributed by atoms with Crippen molar-refractivity contribution in [2.45, 2.75) is 43.7 Å². The molecule has 4 rings (SSSR count). The molecular weight excluding hydrogens is 456 g/mol. The summed E-state index contributed by atoms with van der Waals surface area (Å²) in [6.07, 6.45) is -0.220. The van der Waals surface area contributed by atoms with Crippen LogP contribution in [0.25, 0.3) is 0 Å². The summed E-state index contributed by atoms with van der Waals surface area (Å²) in [5, 5.41) is 4.91. The van der Waals surface area contributed by atoms with Crippen LogP contribution in [0, 0.1) is 11.6 Å². The number of hydrogen-bond acceptors (Lipinski definition) is 6. The Labute approximate surface area is 189 Å². The lowest BCUT2D eigenvalue weighted by Crippen LogP contribution is -2.44. The van der Waals surface area contributed by atoms with Crippen LogP contribution in [-0.2, 0) is 21.3 Å². The third kappa shape index (κ3) is 4.48. The predicted octanol–water partition coefficient (Wildman–Crippen LogP) is 3.43. The SMILES string of the molecule is CO[C@H](c1n[nH]c(=O)o1)c1cc(F)c(CN2[C@@H](C)CC[C@H](c3ccccc3)S2(=O)=O)cc1F. The molecule has 0 saturated carbocycles. The molecule has 11 heteroatoms. The summed E-state index contributed by atoms with van der Waals surface area (Å²) in [5.41, 5.74) is 0.323. The molecule has 3 aromatic rings. The zero-order chi connectivity index (χ0) is 23.8. The molecule has 1 saturated heterocycles. The maximum absolute atomic E-state index is 15.0. The number of H-pyrrole nitrogens is 1. The van der Waals surface area contributed by atoms with Gasteiger partial charge in [-0.1, -0.05) is 30.3 Å². The summed E-state index contributed by atoms with van der Waals surface area (Å²) in [5.74, 6) is -2.77. The number of aromatic amines is 1. The molecule has 2 aromatic carbocycles. The second kappa shape index (κ2) is 9.16. The van der Waals surface area contributed by atoms with Crippen molar-refractivity contribution in [3.63, 3.8) is 0 Å². The monoisotopic (exact) mass is 479 g/mol. The van der Waals surface area contributed by atoms with Crippen molar-refractivity contribution in [3.8, 4) is 0 Å². The third-order valence-electron chi connectivity index (χ3n) is 5.89. The van der Waals surface area contributed by atoms with E-state index in [1.807, 2.05) is 5.10 Å². The van der Waals surface area contributed by atoms with E-state index < -0.39 is 38.8 Å². The van der Waals surface area contributed by atoms with E-state index in [0.29, 0.717) is 18.4 Å². The molecule has 1 N–H and O–H groups in total. The number of nitrogens with one attached hydrogen (secondary N) is 1. The van der Waals surface area contributed by atoms with Crippen LogP contribution in [-0.4, -0.2) is 36.1 Å². The molecule has 0 amide bonds. The van der Waals surface area contributed by atoms with Crippen LogP contribution >= 0.6 is 0 Å². The first kappa shape index (κ1) is 23.3. The lowest BCUT2D eigenvalue weighted by Gasteiger charge is -2.37. The summed E-state index contributed by atoms with van der Waals surface area (Å²) < 4.78 is 67.9. The molecule has 1 fully saturated rings. The summed E-state index contributed by atoms with van der Waals surface area (Å²) in [4.78, 5) is 11.2. The minimum absolute atomic E-state index is 0.112. The molecule has 3 atom stereocenters. The number of sulfonamides is 1. The van der Waals surface area contributed by atoms with Crippen LogP contribution < -0.4 is 5.76 Å². The highest BCUT2D eigenvalue weighted by Crippen LogP contribution is 2.38. The first-order valence-electron chi connectivity index (χ1n) is 10.3. The molecule has 0 bridgehead atoms. The molecule has 0 radical (unpaired) electrons. The molecule has 1 aliphatic rings. The largest absolute Gasteiger partial charge is 0.434 e. The van der Waals surface area contributed by atoms with Gasteiger partial charge in [-0.25, -0.2) is 27.1 Å². The second-order valence-electron chi connectivity index (χ2n) is 7.95. The average Bonchev–Trinajstić information content (AvgIpc) is 3.21. The lowest BCUT2D eigenvalue weighted by molar-refractivity contribution is 0.107. The Bertz CT molecular complexity index is 1290. The number of halogens is 2. The molecule has 0 spiro atoms. The Morgan fingerprint density at radius 3 is 2.58 bits per heavy atom. The van der Waals surface area contributed by atoms with E-state index >= 15 is 4.39 Å². The maximum Gasteiger partial charge on any atom is 0.434 e.